The lowest BCUT2D eigenvalue weighted by atomic mass is 10.0. The van der Waals surface area contributed by atoms with Crippen molar-refractivity contribution in [1.29, 1.82) is 0 Å². The van der Waals surface area contributed by atoms with E-state index in [2.05, 4.69) is 15.6 Å². The molecule has 1 unspecified atom stereocenters. The number of aryl methyl sites for hydroxylation is 1. The van der Waals surface area contributed by atoms with Crippen molar-refractivity contribution < 1.29 is 14.7 Å². The second-order valence-electron chi connectivity index (χ2n) is 5.07. The molecule has 3 N–H and O–H groups in total. The number of benzene rings is 1. The zero-order chi connectivity index (χ0) is 16.7. The summed E-state index contributed by atoms with van der Waals surface area (Å²) in [6.45, 7) is 1.70. The number of nitrogens with zero attached hydrogens (tertiary/aromatic N) is 1. The molecule has 0 spiro atoms. The summed E-state index contributed by atoms with van der Waals surface area (Å²) in [6, 6.07) is 13.9. The fraction of sp³-hybridized carbons (Fsp3) is 0.235. The molecule has 0 saturated carbocycles. The Bertz CT molecular complexity index is 674. The van der Waals surface area contributed by atoms with Gasteiger partial charge in [0.15, 0.2) is 0 Å². The van der Waals surface area contributed by atoms with Gasteiger partial charge in [-0.2, -0.15) is 0 Å². The van der Waals surface area contributed by atoms with Crippen LogP contribution in [0.1, 0.15) is 23.7 Å². The summed E-state index contributed by atoms with van der Waals surface area (Å²) in [5.74, 6) is -1.24. The fourth-order valence-corrected chi connectivity index (χ4v) is 2.15. The van der Waals surface area contributed by atoms with Crippen LogP contribution < -0.4 is 10.6 Å². The van der Waals surface area contributed by atoms with Crippen LogP contribution in [0.4, 0.5) is 5.82 Å². The van der Waals surface area contributed by atoms with Gasteiger partial charge >= 0.3 is 11.8 Å². The Labute approximate surface area is 134 Å². The van der Waals surface area contributed by atoms with E-state index in [1.807, 2.05) is 30.3 Å². The van der Waals surface area contributed by atoms with Crippen LogP contribution in [0.3, 0.4) is 0 Å². The lowest BCUT2D eigenvalue weighted by Gasteiger charge is -2.18. The van der Waals surface area contributed by atoms with Gasteiger partial charge in [-0.1, -0.05) is 36.4 Å². The van der Waals surface area contributed by atoms with Gasteiger partial charge in [0.2, 0.25) is 0 Å². The highest BCUT2D eigenvalue weighted by Crippen LogP contribution is 2.16. The number of pyridine rings is 1. The first kappa shape index (κ1) is 16.6. The lowest BCUT2D eigenvalue weighted by molar-refractivity contribution is -0.136. The Balaban J connectivity index is 2.02. The molecule has 0 aliphatic rings. The average molecular weight is 313 g/mol. The number of hydrogen-bond acceptors (Lipinski definition) is 4. The molecule has 2 aromatic rings. The SMILES string of the molecule is Cc1cccc(NC(=O)C(=O)NC(CCO)c2ccccc2)n1. The number of carbonyl (C=O) groups excluding carboxylic acids is 2. The molecule has 6 nitrogen and oxygen atoms in total. The number of rotatable bonds is 5. The van der Waals surface area contributed by atoms with Crippen molar-refractivity contribution >= 4 is 17.6 Å². The fourth-order valence-electron chi connectivity index (χ4n) is 2.15. The number of nitrogens with one attached hydrogen (secondary N) is 2. The normalized spacial score (nSPS) is 11.6. The zero-order valence-corrected chi connectivity index (χ0v) is 12.8. The summed E-state index contributed by atoms with van der Waals surface area (Å²) in [5.41, 5.74) is 1.57. The number of carbonyl (C=O) groups is 2. The van der Waals surface area contributed by atoms with Crippen molar-refractivity contribution in [1.82, 2.24) is 10.3 Å². The first-order valence-corrected chi connectivity index (χ1v) is 7.31. The molecule has 6 heteroatoms. The molecule has 2 amide bonds. The molecule has 23 heavy (non-hydrogen) atoms. The number of aromatic nitrogens is 1. The molecular formula is C17H19N3O3. The molecule has 0 aliphatic carbocycles. The van der Waals surface area contributed by atoms with Gasteiger partial charge in [-0.05, 0) is 31.0 Å². The Hall–Kier alpha value is -2.73. The van der Waals surface area contributed by atoms with Crippen molar-refractivity contribution in [3.05, 3.63) is 59.8 Å². The summed E-state index contributed by atoms with van der Waals surface area (Å²) >= 11 is 0. The highest BCUT2D eigenvalue weighted by atomic mass is 16.3. The van der Waals surface area contributed by atoms with Crippen LogP contribution in [0.15, 0.2) is 48.5 Å². The Morgan fingerprint density at radius 3 is 2.48 bits per heavy atom. The molecular weight excluding hydrogens is 294 g/mol. The van der Waals surface area contributed by atoms with E-state index < -0.39 is 17.9 Å². The maximum absolute atomic E-state index is 12.1. The highest BCUT2D eigenvalue weighted by Gasteiger charge is 2.20. The number of hydrogen-bond donors (Lipinski definition) is 3. The summed E-state index contributed by atoms with van der Waals surface area (Å²) < 4.78 is 0. The molecule has 2 rings (SSSR count). The largest absolute Gasteiger partial charge is 0.396 e. The molecule has 1 heterocycles. The maximum atomic E-state index is 12.1. The molecule has 0 radical (unpaired) electrons. The molecule has 0 fully saturated rings. The Morgan fingerprint density at radius 1 is 1.09 bits per heavy atom. The second kappa shape index (κ2) is 8.05. The van der Waals surface area contributed by atoms with E-state index >= 15 is 0 Å². The van der Waals surface area contributed by atoms with Gasteiger partial charge in [-0.25, -0.2) is 4.98 Å². The van der Waals surface area contributed by atoms with E-state index in [0.717, 1.165) is 11.3 Å². The van der Waals surface area contributed by atoms with E-state index in [1.54, 1.807) is 25.1 Å². The van der Waals surface area contributed by atoms with E-state index in [0.29, 0.717) is 12.2 Å². The molecule has 0 saturated heterocycles. The van der Waals surface area contributed by atoms with Crippen LogP contribution in [0.2, 0.25) is 0 Å². The zero-order valence-electron chi connectivity index (χ0n) is 12.8. The van der Waals surface area contributed by atoms with Gasteiger partial charge in [0.1, 0.15) is 5.82 Å². The molecule has 1 atom stereocenters. The van der Waals surface area contributed by atoms with Gasteiger partial charge in [0.05, 0.1) is 6.04 Å². The quantitative estimate of drug-likeness (QED) is 0.731. The smallest absolute Gasteiger partial charge is 0.314 e. The maximum Gasteiger partial charge on any atom is 0.314 e. The van der Waals surface area contributed by atoms with E-state index in [-0.39, 0.29) is 6.61 Å². The number of aliphatic hydroxyl groups is 1. The molecule has 1 aromatic heterocycles. The number of amides is 2. The van der Waals surface area contributed by atoms with Gasteiger partial charge in [0.25, 0.3) is 0 Å². The third-order valence-corrected chi connectivity index (χ3v) is 3.26. The lowest BCUT2D eigenvalue weighted by Crippen LogP contribution is -2.38. The van der Waals surface area contributed by atoms with E-state index in [9.17, 15) is 9.59 Å². The minimum Gasteiger partial charge on any atom is -0.396 e. The van der Waals surface area contributed by atoms with Crippen molar-refractivity contribution in [3.8, 4) is 0 Å². The summed E-state index contributed by atoms with van der Waals surface area (Å²) in [6.07, 6.45) is 0.325. The van der Waals surface area contributed by atoms with Gasteiger partial charge in [-0.3, -0.25) is 9.59 Å². The van der Waals surface area contributed by atoms with Crippen LogP contribution in [0, 0.1) is 6.92 Å². The topological polar surface area (TPSA) is 91.3 Å². The van der Waals surface area contributed by atoms with Gasteiger partial charge in [0, 0.05) is 12.3 Å². The molecule has 1 aromatic carbocycles. The predicted molar refractivity (Wildman–Crippen MR) is 86.6 cm³/mol. The van der Waals surface area contributed by atoms with Crippen molar-refractivity contribution in [2.45, 2.75) is 19.4 Å². The average Bonchev–Trinajstić information content (AvgIpc) is 2.55. The first-order valence-electron chi connectivity index (χ1n) is 7.31. The number of anilines is 1. The number of aliphatic hydroxyl groups excluding tert-OH is 1. The minimum absolute atomic E-state index is 0.0963. The monoisotopic (exact) mass is 313 g/mol. The van der Waals surface area contributed by atoms with E-state index in [4.69, 9.17) is 5.11 Å². The Morgan fingerprint density at radius 2 is 1.83 bits per heavy atom. The molecule has 0 bridgehead atoms. The van der Waals surface area contributed by atoms with Gasteiger partial charge < -0.3 is 15.7 Å². The first-order chi connectivity index (χ1) is 11.1. The summed E-state index contributed by atoms with van der Waals surface area (Å²) in [4.78, 5) is 28.1. The molecule has 0 aliphatic heterocycles. The van der Waals surface area contributed by atoms with Crippen molar-refractivity contribution in [3.63, 3.8) is 0 Å². The summed E-state index contributed by atoms with van der Waals surface area (Å²) in [7, 11) is 0. The third kappa shape index (κ3) is 4.89. The van der Waals surface area contributed by atoms with Crippen LogP contribution in [-0.4, -0.2) is 28.5 Å². The van der Waals surface area contributed by atoms with Crippen LogP contribution in [0.5, 0.6) is 0 Å². The van der Waals surface area contributed by atoms with Crippen LogP contribution in [-0.2, 0) is 9.59 Å². The Kier molecular flexibility index (Phi) is 5.82. The highest BCUT2D eigenvalue weighted by molar-refractivity contribution is 6.39. The minimum atomic E-state index is -0.790. The van der Waals surface area contributed by atoms with E-state index in [1.165, 1.54) is 0 Å². The predicted octanol–water partition coefficient (Wildman–Crippen LogP) is 1.57. The second-order valence-corrected chi connectivity index (χ2v) is 5.07. The van der Waals surface area contributed by atoms with Crippen molar-refractivity contribution in [2.75, 3.05) is 11.9 Å². The third-order valence-electron chi connectivity index (χ3n) is 3.26. The standard InChI is InChI=1S/C17H19N3O3/c1-12-6-5-9-15(18-12)20-17(23)16(22)19-14(10-11-21)13-7-3-2-4-8-13/h2-9,14,21H,10-11H2,1H3,(H,19,22)(H,18,20,23). The van der Waals surface area contributed by atoms with Crippen LogP contribution >= 0.6 is 0 Å². The molecule has 120 valence electrons. The summed E-state index contributed by atoms with van der Waals surface area (Å²) in [5, 5.41) is 14.2. The van der Waals surface area contributed by atoms with Crippen LogP contribution in [0.25, 0.3) is 0 Å². The van der Waals surface area contributed by atoms with Gasteiger partial charge in [-0.15, -0.1) is 0 Å². The van der Waals surface area contributed by atoms with Crippen molar-refractivity contribution in [2.24, 2.45) is 0 Å².